The third-order valence-corrected chi connectivity index (χ3v) is 4.92. The third kappa shape index (κ3) is 2.71. The fourth-order valence-electron chi connectivity index (χ4n) is 3.69. The van der Waals surface area contributed by atoms with E-state index >= 15 is 0 Å². The lowest BCUT2D eigenvalue weighted by Crippen LogP contribution is -2.43. The summed E-state index contributed by atoms with van der Waals surface area (Å²) in [4.78, 5) is 24.7. The topological polar surface area (TPSA) is 90.9 Å². The Labute approximate surface area is 150 Å². The van der Waals surface area contributed by atoms with Gasteiger partial charge in [-0.15, -0.1) is 0 Å². The number of rotatable bonds is 4. The molecule has 0 unspecified atom stereocenters. The van der Waals surface area contributed by atoms with Crippen molar-refractivity contribution in [1.82, 2.24) is 15.8 Å². The first-order valence-electron chi connectivity index (χ1n) is 8.37. The normalized spacial score (nSPS) is 25.2. The molecule has 3 N–H and O–H groups in total. The third-order valence-electron chi connectivity index (χ3n) is 4.92. The zero-order valence-corrected chi connectivity index (χ0v) is 14.2. The van der Waals surface area contributed by atoms with Gasteiger partial charge in [0.2, 0.25) is 11.8 Å². The summed E-state index contributed by atoms with van der Waals surface area (Å²) in [5.41, 5.74) is 5.11. The van der Waals surface area contributed by atoms with Crippen molar-refractivity contribution >= 4 is 11.8 Å². The van der Waals surface area contributed by atoms with Gasteiger partial charge < -0.3 is 9.84 Å². The van der Waals surface area contributed by atoms with Crippen molar-refractivity contribution in [1.29, 1.82) is 0 Å². The zero-order chi connectivity index (χ0) is 18.3. The zero-order valence-electron chi connectivity index (χ0n) is 14.2. The predicted octanol–water partition coefficient (Wildman–Crippen LogP) is 1.10. The first-order valence-corrected chi connectivity index (χ1v) is 8.37. The highest BCUT2D eigenvalue weighted by molar-refractivity contribution is 6.07. The highest BCUT2D eigenvalue weighted by Crippen LogP contribution is 2.39. The molecule has 0 bridgehead atoms. The van der Waals surface area contributed by atoms with E-state index in [-0.39, 0.29) is 23.6 Å². The van der Waals surface area contributed by atoms with Crippen LogP contribution in [-0.4, -0.2) is 35.1 Å². The van der Waals surface area contributed by atoms with Gasteiger partial charge in [-0.2, -0.15) is 0 Å². The average molecular weight is 353 g/mol. The molecule has 0 aromatic heterocycles. The number of aromatic hydroxyl groups is 1. The Balaban J connectivity index is 1.67. The SMILES string of the molecule is COc1cc([C@@H]2NN(Cc3ccccc3)[C@@H]3C(=O)NC(=O)[C@@H]32)ccc1O. The first-order chi connectivity index (χ1) is 12.6. The maximum atomic E-state index is 12.4. The lowest BCUT2D eigenvalue weighted by Gasteiger charge is -2.22. The molecule has 2 aliphatic heterocycles. The molecular weight excluding hydrogens is 334 g/mol. The van der Waals surface area contributed by atoms with Crippen molar-refractivity contribution < 1.29 is 19.4 Å². The number of benzene rings is 2. The lowest BCUT2D eigenvalue weighted by molar-refractivity contribution is -0.127. The first kappa shape index (κ1) is 16.6. The summed E-state index contributed by atoms with van der Waals surface area (Å²) in [6.45, 7) is 0.494. The molecule has 0 aliphatic carbocycles. The molecule has 2 saturated heterocycles. The Bertz CT molecular complexity index is 855. The number of carbonyl (C=O) groups is 2. The summed E-state index contributed by atoms with van der Waals surface area (Å²) in [6.07, 6.45) is 0. The van der Waals surface area contributed by atoms with Gasteiger partial charge in [0.05, 0.1) is 19.1 Å². The Morgan fingerprint density at radius 1 is 1.12 bits per heavy atom. The number of imide groups is 1. The van der Waals surface area contributed by atoms with Crippen LogP contribution in [0.25, 0.3) is 0 Å². The lowest BCUT2D eigenvalue weighted by atomic mass is 9.90. The Hall–Kier alpha value is -2.90. The van der Waals surface area contributed by atoms with Crippen LogP contribution >= 0.6 is 0 Å². The van der Waals surface area contributed by atoms with Gasteiger partial charge in [-0.3, -0.25) is 14.9 Å². The predicted molar refractivity (Wildman–Crippen MR) is 92.9 cm³/mol. The van der Waals surface area contributed by atoms with E-state index in [2.05, 4.69) is 10.7 Å². The second-order valence-electron chi connectivity index (χ2n) is 6.48. The molecule has 0 radical (unpaired) electrons. The van der Waals surface area contributed by atoms with E-state index < -0.39 is 12.0 Å². The minimum absolute atomic E-state index is 0.0267. The molecule has 2 aromatic rings. The van der Waals surface area contributed by atoms with Gasteiger partial charge in [0.1, 0.15) is 6.04 Å². The molecule has 3 atom stereocenters. The smallest absolute Gasteiger partial charge is 0.246 e. The summed E-state index contributed by atoms with van der Waals surface area (Å²) in [7, 11) is 1.47. The number of hydrogen-bond donors (Lipinski definition) is 3. The van der Waals surface area contributed by atoms with Gasteiger partial charge in [-0.25, -0.2) is 10.4 Å². The van der Waals surface area contributed by atoms with Gasteiger partial charge in [0.15, 0.2) is 11.5 Å². The maximum Gasteiger partial charge on any atom is 0.246 e. The number of phenolic OH excluding ortho intramolecular Hbond substituents is 1. The molecule has 0 spiro atoms. The van der Waals surface area contributed by atoms with Gasteiger partial charge in [0.25, 0.3) is 0 Å². The minimum Gasteiger partial charge on any atom is -0.504 e. The van der Waals surface area contributed by atoms with Crippen molar-refractivity contribution in [3.05, 3.63) is 59.7 Å². The largest absolute Gasteiger partial charge is 0.504 e. The molecule has 2 amide bonds. The summed E-state index contributed by atoms with van der Waals surface area (Å²) >= 11 is 0. The maximum absolute atomic E-state index is 12.4. The van der Waals surface area contributed by atoms with Gasteiger partial charge in [0, 0.05) is 6.54 Å². The number of nitrogens with one attached hydrogen (secondary N) is 2. The number of hydrogen-bond acceptors (Lipinski definition) is 6. The molecule has 0 saturated carbocycles. The monoisotopic (exact) mass is 353 g/mol. The van der Waals surface area contributed by atoms with E-state index in [0.717, 1.165) is 11.1 Å². The van der Waals surface area contributed by atoms with Crippen LogP contribution in [0.5, 0.6) is 11.5 Å². The molecule has 2 aromatic carbocycles. The van der Waals surface area contributed by atoms with E-state index in [1.54, 1.807) is 12.1 Å². The fraction of sp³-hybridized carbons (Fsp3) is 0.263. The van der Waals surface area contributed by atoms with Crippen molar-refractivity contribution in [3.8, 4) is 11.5 Å². The highest BCUT2D eigenvalue weighted by atomic mass is 16.5. The Kier molecular flexibility index (Phi) is 4.10. The number of carbonyl (C=O) groups excluding carboxylic acids is 2. The van der Waals surface area contributed by atoms with E-state index in [4.69, 9.17) is 4.74 Å². The molecular formula is C19H19N3O4. The van der Waals surface area contributed by atoms with Crippen molar-refractivity contribution in [3.63, 3.8) is 0 Å². The summed E-state index contributed by atoms with van der Waals surface area (Å²) < 4.78 is 5.17. The molecule has 7 nitrogen and oxygen atoms in total. The second kappa shape index (κ2) is 6.44. The van der Waals surface area contributed by atoms with E-state index in [1.165, 1.54) is 13.2 Å². The second-order valence-corrected chi connectivity index (χ2v) is 6.48. The van der Waals surface area contributed by atoms with Crippen LogP contribution in [-0.2, 0) is 16.1 Å². The van der Waals surface area contributed by atoms with Crippen LogP contribution in [0.3, 0.4) is 0 Å². The average Bonchev–Trinajstić information content (AvgIpc) is 3.16. The standard InChI is InChI=1S/C19H19N3O4/c1-26-14-9-12(7-8-13(14)23)16-15-17(19(25)20-18(15)24)22(21-16)10-11-5-3-2-4-6-11/h2-9,15-17,21,23H,10H2,1H3,(H,20,24,25)/t15-,16+,17+/m1/s1. The van der Waals surface area contributed by atoms with Gasteiger partial charge in [-0.05, 0) is 23.3 Å². The van der Waals surface area contributed by atoms with Crippen LogP contribution in [0.1, 0.15) is 17.2 Å². The molecule has 26 heavy (non-hydrogen) atoms. The molecule has 2 fully saturated rings. The van der Waals surface area contributed by atoms with Crippen LogP contribution < -0.4 is 15.5 Å². The van der Waals surface area contributed by atoms with Crippen LogP contribution in [0.15, 0.2) is 48.5 Å². The van der Waals surface area contributed by atoms with Crippen LogP contribution in [0.2, 0.25) is 0 Å². The molecule has 134 valence electrons. The van der Waals surface area contributed by atoms with Gasteiger partial charge >= 0.3 is 0 Å². The summed E-state index contributed by atoms with van der Waals surface area (Å²) in [6, 6.07) is 13.7. The Morgan fingerprint density at radius 2 is 1.88 bits per heavy atom. The summed E-state index contributed by atoms with van der Waals surface area (Å²) in [5.74, 6) is -0.775. The molecule has 2 aliphatic rings. The fourth-order valence-corrected chi connectivity index (χ4v) is 3.69. The number of amides is 2. The number of hydrazine groups is 1. The molecule has 2 heterocycles. The Morgan fingerprint density at radius 3 is 2.62 bits per heavy atom. The van der Waals surface area contributed by atoms with E-state index in [9.17, 15) is 14.7 Å². The number of ether oxygens (including phenoxy) is 1. The van der Waals surface area contributed by atoms with E-state index in [0.29, 0.717) is 12.3 Å². The van der Waals surface area contributed by atoms with Crippen molar-refractivity contribution in [2.45, 2.75) is 18.6 Å². The van der Waals surface area contributed by atoms with Crippen molar-refractivity contribution in [2.75, 3.05) is 7.11 Å². The number of methoxy groups -OCH3 is 1. The van der Waals surface area contributed by atoms with Crippen LogP contribution in [0.4, 0.5) is 0 Å². The highest BCUT2D eigenvalue weighted by Gasteiger charge is 2.54. The number of nitrogens with zero attached hydrogens (tertiary/aromatic N) is 1. The number of fused-ring (bicyclic) bond motifs is 1. The van der Waals surface area contributed by atoms with Gasteiger partial charge in [-0.1, -0.05) is 36.4 Å². The quantitative estimate of drug-likeness (QED) is 0.713. The van der Waals surface area contributed by atoms with Crippen molar-refractivity contribution in [2.24, 2.45) is 5.92 Å². The van der Waals surface area contributed by atoms with Crippen LogP contribution in [0, 0.1) is 5.92 Å². The molecule has 7 heteroatoms. The minimum atomic E-state index is -0.576. The number of phenols is 1. The molecule has 4 rings (SSSR count). The summed E-state index contributed by atoms with van der Waals surface area (Å²) in [5, 5.41) is 14.1. The van der Waals surface area contributed by atoms with E-state index in [1.807, 2.05) is 35.3 Å².